The first-order valence-electron chi connectivity index (χ1n) is 6.10. The monoisotopic (exact) mass is 341 g/mol. The van der Waals surface area contributed by atoms with Crippen molar-refractivity contribution in [3.63, 3.8) is 0 Å². The van der Waals surface area contributed by atoms with Crippen molar-refractivity contribution in [3.8, 4) is 5.75 Å². The van der Waals surface area contributed by atoms with E-state index in [2.05, 4.69) is 15.9 Å². The van der Waals surface area contributed by atoms with Crippen LogP contribution in [0, 0.1) is 11.6 Å². The second-order valence-electron chi connectivity index (χ2n) is 4.49. The van der Waals surface area contributed by atoms with E-state index in [1.165, 1.54) is 0 Å². The third-order valence-corrected chi connectivity index (χ3v) is 3.56. The molecule has 0 spiro atoms. The van der Waals surface area contributed by atoms with E-state index >= 15 is 0 Å². The first kappa shape index (κ1) is 14.9. The van der Waals surface area contributed by atoms with Gasteiger partial charge in [-0.25, -0.2) is 8.78 Å². The van der Waals surface area contributed by atoms with Gasteiger partial charge in [0.2, 0.25) is 0 Å². The van der Waals surface area contributed by atoms with E-state index in [0.29, 0.717) is 0 Å². The zero-order valence-electron chi connectivity index (χ0n) is 10.8. The Kier molecular flexibility index (Phi) is 4.73. The fourth-order valence-electron chi connectivity index (χ4n) is 1.86. The van der Waals surface area contributed by atoms with E-state index < -0.39 is 23.8 Å². The van der Waals surface area contributed by atoms with Crippen LogP contribution in [-0.2, 0) is 0 Å². The average molecular weight is 342 g/mol. The van der Waals surface area contributed by atoms with Gasteiger partial charge in [0.05, 0.1) is 0 Å². The molecular formula is C15H14BrF2NO. The van der Waals surface area contributed by atoms with Crippen LogP contribution < -0.4 is 10.5 Å². The van der Waals surface area contributed by atoms with Crippen molar-refractivity contribution in [1.29, 1.82) is 0 Å². The van der Waals surface area contributed by atoms with Gasteiger partial charge >= 0.3 is 0 Å². The lowest BCUT2D eigenvalue weighted by atomic mass is 10.0. The molecule has 2 N–H and O–H groups in total. The van der Waals surface area contributed by atoms with Gasteiger partial charge in [-0.1, -0.05) is 34.1 Å². The third-order valence-electron chi connectivity index (χ3n) is 2.84. The summed E-state index contributed by atoms with van der Waals surface area (Å²) in [6.07, 6.45) is -0.582. The molecule has 0 saturated heterocycles. The van der Waals surface area contributed by atoms with Gasteiger partial charge in [-0.2, -0.15) is 0 Å². The van der Waals surface area contributed by atoms with Gasteiger partial charge in [0.25, 0.3) is 0 Å². The molecule has 106 valence electrons. The molecule has 2 unspecified atom stereocenters. The van der Waals surface area contributed by atoms with Gasteiger partial charge in [-0.15, -0.1) is 0 Å². The maximum Gasteiger partial charge on any atom is 0.165 e. The summed E-state index contributed by atoms with van der Waals surface area (Å²) in [5, 5.41) is 0. The number of ether oxygens (including phenoxy) is 1. The SMILES string of the molecule is CC(N)C(Oc1cc(F)ccc1F)c1ccccc1Br. The highest BCUT2D eigenvalue weighted by Gasteiger charge is 2.22. The van der Waals surface area contributed by atoms with E-state index in [-0.39, 0.29) is 5.75 Å². The Bertz CT molecular complexity index is 604. The normalized spacial score (nSPS) is 13.8. The second-order valence-corrected chi connectivity index (χ2v) is 5.35. The van der Waals surface area contributed by atoms with Crippen LogP contribution in [-0.4, -0.2) is 6.04 Å². The molecule has 0 aliphatic heterocycles. The average Bonchev–Trinajstić information content (AvgIpc) is 2.40. The Morgan fingerprint density at radius 1 is 1.15 bits per heavy atom. The molecule has 5 heteroatoms. The van der Waals surface area contributed by atoms with Gasteiger partial charge in [-0.05, 0) is 25.1 Å². The number of benzene rings is 2. The molecule has 0 bridgehead atoms. The molecule has 0 fully saturated rings. The lowest BCUT2D eigenvalue weighted by Gasteiger charge is -2.24. The Balaban J connectivity index is 2.36. The summed E-state index contributed by atoms with van der Waals surface area (Å²) in [6.45, 7) is 1.75. The molecule has 2 rings (SSSR count). The van der Waals surface area contributed by atoms with Crippen LogP contribution in [0.25, 0.3) is 0 Å². The standard InChI is InChI=1S/C15H14BrF2NO/c1-9(19)15(11-4-2-3-5-12(11)16)20-14-8-10(17)6-7-13(14)18/h2-9,15H,19H2,1H3. The van der Waals surface area contributed by atoms with E-state index in [0.717, 1.165) is 28.2 Å². The highest BCUT2D eigenvalue weighted by atomic mass is 79.9. The number of nitrogens with two attached hydrogens (primary N) is 1. The van der Waals surface area contributed by atoms with Crippen molar-refractivity contribution in [2.24, 2.45) is 5.73 Å². The summed E-state index contributed by atoms with van der Waals surface area (Å²) in [5.41, 5.74) is 6.69. The van der Waals surface area contributed by atoms with E-state index in [4.69, 9.17) is 10.5 Å². The highest BCUT2D eigenvalue weighted by molar-refractivity contribution is 9.10. The Labute approximate surface area is 124 Å². The first-order valence-corrected chi connectivity index (χ1v) is 6.90. The molecule has 0 heterocycles. The number of hydrogen-bond acceptors (Lipinski definition) is 2. The maximum atomic E-state index is 13.7. The van der Waals surface area contributed by atoms with Gasteiger partial charge in [0.1, 0.15) is 11.9 Å². The summed E-state index contributed by atoms with van der Waals surface area (Å²) < 4.78 is 33.2. The van der Waals surface area contributed by atoms with Gasteiger partial charge in [0.15, 0.2) is 11.6 Å². The lowest BCUT2D eigenvalue weighted by molar-refractivity contribution is 0.171. The highest BCUT2D eigenvalue weighted by Crippen LogP contribution is 2.31. The third kappa shape index (κ3) is 3.35. The molecule has 2 atom stereocenters. The number of hydrogen-bond donors (Lipinski definition) is 1. The maximum absolute atomic E-state index is 13.7. The Morgan fingerprint density at radius 2 is 1.85 bits per heavy atom. The zero-order chi connectivity index (χ0) is 14.7. The molecule has 2 aromatic carbocycles. The van der Waals surface area contributed by atoms with E-state index in [1.807, 2.05) is 24.3 Å². The fraction of sp³-hybridized carbons (Fsp3) is 0.200. The predicted octanol–water partition coefficient (Wildman–Crippen LogP) is 4.19. The topological polar surface area (TPSA) is 35.2 Å². The largest absolute Gasteiger partial charge is 0.481 e. The molecule has 0 amide bonds. The summed E-state index contributed by atoms with van der Waals surface area (Å²) in [5.74, 6) is -1.33. The van der Waals surface area contributed by atoms with Crippen molar-refractivity contribution in [1.82, 2.24) is 0 Å². The van der Waals surface area contributed by atoms with Crippen molar-refractivity contribution >= 4 is 15.9 Å². The van der Waals surface area contributed by atoms with Crippen LogP contribution in [0.3, 0.4) is 0 Å². The van der Waals surface area contributed by atoms with E-state index in [9.17, 15) is 8.78 Å². The summed E-state index contributed by atoms with van der Waals surface area (Å²) in [4.78, 5) is 0. The van der Waals surface area contributed by atoms with Crippen LogP contribution in [0.2, 0.25) is 0 Å². The van der Waals surface area contributed by atoms with Gasteiger partial charge in [0, 0.05) is 22.1 Å². The van der Waals surface area contributed by atoms with Crippen LogP contribution in [0.5, 0.6) is 5.75 Å². The van der Waals surface area contributed by atoms with Crippen LogP contribution >= 0.6 is 15.9 Å². The smallest absolute Gasteiger partial charge is 0.165 e. The molecule has 0 aromatic heterocycles. The minimum atomic E-state index is -0.621. The quantitative estimate of drug-likeness (QED) is 0.904. The second kappa shape index (κ2) is 6.33. The fourth-order valence-corrected chi connectivity index (χ4v) is 2.37. The number of halogens is 3. The van der Waals surface area contributed by atoms with Gasteiger partial charge in [-0.3, -0.25) is 0 Å². The van der Waals surface area contributed by atoms with Crippen molar-refractivity contribution < 1.29 is 13.5 Å². The molecule has 0 radical (unpaired) electrons. The predicted molar refractivity (Wildman–Crippen MR) is 77.5 cm³/mol. The van der Waals surface area contributed by atoms with Crippen molar-refractivity contribution in [2.75, 3.05) is 0 Å². The summed E-state index contributed by atoms with van der Waals surface area (Å²) in [6, 6.07) is 10.1. The molecule has 0 saturated carbocycles. The van der Waals surface area contributed by atoms with Crippen molar-refractivity contribution in [2.45, 2.75) is 19.1 Å². The lowest BCUT2D eigenvalue weighted by Crippen LogP contribution is -2.29. The molecule has 2 nitrogen and oxygen atoms in total. The van der Waals surface area contributed by atoms with Crippen LogP contribution in [0.4, 0.5) is 8.78 Å². The van der Waals surface area contributed by atoms with Crippen molar-refractivity contribution in [3.05, 3.63) is 64.1 Å². The minimum absolute atomic E-state index is 0.150. The molecule has 2 aromatic rings. The van der Waals surface area contributed by atoms with Crippen LogP contribution in [0.15, 0.2) is 46.9 Å². The Morgan fingerprint density at radius 3 is 2.50 bits per heavy atom. The molecule has 20 heavy (non-hydrogen) atoms. The molecule has 0 aliphatic rings. The van der Waals surface area contributed by atoms with E-state index in [1.54, 1.807) is 6.92 Å². The molecule has 0 aliphatic carbocycles. The van der Waals surface area contributed by atoms with Crippen LogP contribution in [0.1, 0.15) is 18.6 Å². The zero-order valence-corrected chi connectivity index (χ0v) is 12.4. The molecular weight excluding hydrogens is 328 g/mol. The number of rotatable bonds is 4. The van der Waals surface area contributed by atoms with Gasteiger partial charge < -0.3 is 10.5 Å². The Hall–Kier alpha value is -1.46. The summed E-state index contributed by atoms with van der Waals surface area (Å²) in [7, 11) is 0. The summed E-state index contributed by atoms with van der Waals surface area (Å²) >= 11 is 3.41. The minimum Gasteiger partial charge on any atom is -0.481 e. The first-order chi connectivity index (χ1) is 9.49.